The summed E-state index contributed by atoms with van der Waals surface area (Å²) in [4.78, 5) is 16.5. The van der Waals surface area contributed by atoms with Crippen LogP contribution in [0.4, 0.5) is 0 Å². The standard InChI is InChI=1S/C19H22N4OS/c1-3-8-23-14(2)15(13-20-23)19(24)22-11-10-21-9-4-6-16(21)18(22)17-7-5-12-25-17/h4-7,9,12-13,18H,3,8,10-11H2,1-2H3. The Bertz CT molecular complexity index is 877. The summed E-state index contributed by atoms with van der Waals surface area (Å²) in [6.07, 6.45) is 4.83. The van der Waals surface area contributed by atoms with Crippen molar-refractivity contribution in [3.05, 3.63) is 63.9 Å². The number of carbonyl (C=O) groups excluding carboxylic acids is 1. The van der Waals surface area contributed by atoms with Gasteiger partial charge in [-0.1, -0.05) is 13.0 Å². The Morgan fingerprint density at radius 2 is 2.20 bits per heavy atom. The predicted molar refractivity (Wildman–Crippen MR) is 98.9 cm³/mol. The van der Waals surface area contributed by atoms with Gasteiger partial charge >= 0.3 is 0 Å². The molecule has 4 rings (SSSR count). The summed E-state index contributed by atoms with van der Waals surface area (Å²) in [5.74, 6) is 0.0747. The molecule has 1 atom stereocenters. The second kappa shape index (κ2) is 6.52. The van der Waals surface area contributed by atoms with Crippen LogP contribution in [0.5, 0.6) is 0 Å². The molecular weight excluding hydrogens is 332 g/mol. The quantitative estimate of drug-likeness (QED) is 0.717. The average Bonchev–Trinajstić information content (AvgIpc) is 3.35. The Morgan fingerprint density at radius 1 is 1.32 bits per heavy atom. The zero-order valence-corrected chi connectivity index (χ0v) is 15.4. The molecule has 1 amide bonds. The molecular formula is C19H22N4OS. The first-order chi connectivity index (χ1) is 12.2. The Labute approximate surface area is 151 Å². The van der Waals surface area contributed by atoms with E-state index in [1.165, 1.54) is 10.6 Å². The minimum atomic E-state index is -0.0230. The zero-order chi connectivity index (χ0) is 17.4. The molecule has 0 N–H and O–H groups in total. The third-order valence-electron chi connectivity index (χ3n) is 4.88. The molecule has 0 aromatic carbocycles. The maximum Gasteiger partial charge on any atom is 0.258 e. The summed E-state index contributed by atoms with van der Waals surface area (Å²) < 4.78 is 4.18. The van der Waals surface area contributed by atoms with E-state index in [4.69, 9.17) is 0 Å². The van der Waals surface area contributed by atoms with Crippen molar-refractivity contribution in [3.63, 3.8) is 0 Å². The van der Waals surface area contributed by atoms with Gasteiger partial charge in [0.15, 0.2) is 0 Å². The van der Waals surface area contributed by atoms with E-state index in [1.54, 1.807) is 17.5 Å². The van der Waals surface area contributed by atoms with E-state index in [9.17, 15) is 4.79 Å². The molecule has 1 aliphatic rings. The summed E-state index contributed by atoms with van der Waals surface area (Å²) in [7, 11) is 0. The van der Waals surface area contributed by atoms with Crippen LogP contribution in [-0.2, 0) is 13.1 Å². The molecule has 130 valence electrons. The molecule has 0 saturated carbocycles. The van der Waals surface area contributed by atoms with E-state index in [-0.39, 0.29) is 11.9 Å². The fourth-order valence-electron chi connectivity index (χ4n) is 3.60. The van der Waals surface area contributed by atoms with Gasteiger partial charge in [-0.3, -0.25) is 9.48 Å². The number of hydrogen-bond acceptors (Lipinski definition) is 3. The lowest BCUT2D eigenvalue weighted by atomic mass is 10.1. The normalized spacial score (nSPS) is 16.9. The Morgan fingerprint density at radius 3 is 2.96 bits per heavy atom. The van der Waals surface area contributed by atoms with E-state index in [2.05, 4.69) is 52.4 Å². The molecule has 25 heavy (non-hydrogen) atoms. The molecule has 3 aromatic heterocycles. The molecule has 3 aromatic rings. The molecule has 5 nitrogen and oxygen atoms in total. The fraction of sp³-hybridized carbons (Fsp3) is 0.368. The number of aryl methyl sites for hydroxylation is 1. The van der Waals surface area contributed by atoms with Crippen molar-refractivity contribution in [2.75, 3.05) is 6.54 Å². The SMILES string of the molecule is CCCn1ncc(C(=O)N2CCn3cccc3C2c2cccs2)c1C. The van der Waals surface area contributed by atoms with Crippen LogP contribution >= 0.6 is 11.3 Å². The lowest BCUT2D eigenvalue weighted by molar-refractivity contribution is 0.0666. The zero-order valence-electron chi connectivity index (χ0n) is 14.6. The Hall–Kier alpha value is -2.34. The van der Waals surface area contributed by atoms with E-state index in [0.29, 0.717) is 6.54 Å². The largest absolute Gasteiger partial charge is 0.347 e. The first-order valence-corrected chi connectivity index (χ1v) is 9.60. The summed E-state index contributed by atoms with van der Waals surface area (Å²) in [6, 6.07) is 8.33. The van der Waals surface area contributed by atoms with Crippen molar-refractivity contribution < 1.29 is 4.79 Å². The summed E-state index contributed by atoms with van der Waals surface area (Å²) in [5.41, 5.74) is 2.86. The molecule has 1 unspecified atom stereocenters. The van der Waals surface area contributed by atoms with Crippen LogP contribution < -0.4 is 0 Å². The second-order valence-corrected chi connectivity index (χ2v) is 7.39. The number of fused-ring (bicyclic) bond motifs is 1. The highest BCUT2D eigenvalue weighted by atomic mass is 32.1. The van der Waals surface area contributed by atoms with Gasteiger partial charge in [0.1, 0.15) is 6.04 Å². The third kappa shape index (κ3) is 2.70. The van der Waals surface area contributed by atoms with Gasteiger partial charge in [0.05, 0.1) is 11.8 Å². The highest BCUT2D eigenvalue weighted by molar-refractivity contribution is 7.10. The van der Waals surface area contributed by atoms with Crippen LogP contribution in [0.2, 0.25) is 0 Å². The van der Waals surface area contributed by atoms with Crippen molar-refractivity contribution in [3.8, 4) is 0 Å². The first kappa shape index (κ1) is 16.1. The van der Waals surface area contributed by atoms with E-state index < -0.39 is 0 Å². The van der Waals surface area contributed by atoms with Crippen molar-refractivity contribution in [2.24, 2.45) is 0 Å². The molecule has 4 heterocycles. The number of thiophene rings is 1. The monoisotopic (exact) mass is 354 g/mol. The average molecular weight is 354 g/mol. The molecule has 0 fully saturated rings. The van der Waals surface area contributed by atoms with Crippen molar-refractivity contribution in [2.45, 2.75) is 39.4 Å². The maximum absolute atomic E-state index is 13.3. The first-order valence-electron chi connectivity index (χ1n) is 8.72. The van der Waals surface area contributed by atoms with Gasteiger partial charge in [0.25, 0.3) is 5.91 Å². The van der Waals surface area contributed by atoms with Crippen LogP contribution in [0.3, 0.4) is 0 Å². The smallest absolute Gasteiger partial charge is 0.258 e. The minimum absolute atomic E-state index is 0.0230. The van der Waals surface area contributed by atoms with Gasteiger partial charge in [-0.15, -0.1) is 11.3 Å². The minimum Gasteiger partial charge on any atom is -0.347 e. The molecule has 0 spiro atoms. The van der Waals surface area contributed by atoms with Crippen molar-refractivity contribution >= 4 is 17.2 Å². The van der Waals surface area contributed by atoms with Gasteiger partial charge in [-0.2, -0.15) is 5.10 Å². The molecule has 0 radical (unpaired) electrons. The lowest BCUT2D eigenvalue weighted by Crippen LogP contribution is -2.42. The van der Waals surface area contributed by atoms with E-state index >= 15 is 0 Å². The summed E-state index contributed by atoms with van der Waals surface area (Å²) in [5, 5.41) is 6.48. The predicted octanol–water partition coefficient (Wildman–Crippen LogP) is 3.71. The van der Waals surface area contributed by atoms with Gasteiger partial charge in [0, 0.05) is 42.1 Å². The number of rotatable bonds is 4. The van der Waals surface area contributed by atoms with E-state index in [1.807, 2.05) is 16.5 Å². The maximum atomic E-state index is 13.3. The third-order valence-corrected chi connectivity index (χ3v) is 5.81. The number of carbonyl (C=O) groups is 1. The topological polar surface area (TPSA) is 43.1 Å². The number of amides is 1. The van der Waals surface area contributed by atoms with Crippen molar-refractivity contribution in [1.29, 1.82) is 0 Å². The Kier molecular flexibility index (Phi) is 4.21. The molecule has 6 heteroatoms. The second-order valence-electron chi connectivity index (χ2n) is 6.41. The fourth-order valence-corrected chi connectivity index (χ4v) is 4.45. The molecule has 0 aliphatic carbocycles. The van der Waals surface area contributed by atoms with Gasteiger partial charge < -0.3 is 9.47 Å². The van der Waals surface area contributed by atoms with Crippen LogP contribution in [-0.4, -0.2) is 31.7 Å². The molecule has 0 bridgehead atoms. The molecule has 0 saturated heterocycles. The molecule has 1 aliphatic heterocycles. The van der Waals surface area contributed by atoms with Crippen LogP contribution in [0.1, 0.15) is 46.0 Å². The van der Waals surface area contributed by atoms with Crippen molar-refractivity contribution in [1.82, 2.24) is 19.2 Å². The number of aromatic nitrogens is 3. The Balaban J connectivity index is 1.72. The number of hydrogen-bond donors (Lipinski definition) is 0. The van der Waals surface area contributed by atoms with Crippen LogP contribution in [0, 0.1) is 6.92 Å². The lowest BCUT2D eigenvalue weighted by Gasteiger charge is -2.36. The van der Waals surface area contributed by atoms with Crippen LogP contribution in [0.25, 0.3) is 0 Å². The highest BCUT2D eigenvalue weighted by Crippen LogP contribution is 2.36. The van der Waals surface area contributed by atoms with E-state index in [0.717, 1.165) is 30.8 Å². The highest BCUT2D eigenvalue weighted by Gasteiger charge is 2.34. The van der Waals surface area contributed by atoms with Gasteiger partial charge in [-0.25, -0.2) is 0 Å². The number of nitrogens with zero attached hydrogens (tertiary/aromatic N) is 4. The summed E-state index contributed by atoms with van der Waals surface area (Å²) >= 11 is 1.70. The van der Waals surface area contributed by atoms with Gasteiger partial charge in [0.2, 0.25) is 0 Å². The summed E-state index contributed by atoms with van der Waals surface area (Å²) in [6.45, 7) is 6.49. The van der Waals surface area contributed by atoms with Gasteiger partial charge in [-0.05, 0) is 36.9 Å². The van der Waals surface area contributed by atoms with Crippen LogP contribution in [0.15, 0.2) is 42.0 Å².